The Morgan fingerprint density at radius 1 is 1.21 bits per heavy atom. The van der Waals surface area contributed by atoms with E-state index in [0.717, 1.165) is 25.9 Å². The van der Waals surface area contributed by atoms with Crippen LogP contribution in [-0.2, 0) is 4.79 Å². The second-order valence-corrected chi connectivity index (χ2v) is 6.91. The van der Waals surface area contributed by atoms with Crippen LogP contribution < -0.4 is 5.32 Å². The second kappa shape index (κ2) is 6.74. The van der Waals surface area contributed by atoms with Gasteiger partial charge < -0.3 is 10.2 Å². The first-order valence-corrected chi connectivity index (χ1v) is 8.11. The van der Waals surface area contributed by atoms with Crippen LogP contribution in [0.1, 0.15) is 59.3 Å². The van der Waals surface area contributed by atoms with E-state index >= 15 is 0 Å². The monoisotopic (exact) mass is 266 g/mol. The highest BCUT2D eigenvalue weighted by Crippen LogP contribution is 2.27. The van der Waals surface area contributed by atoms with Crippen molar-refractivity contribution in [2.75, 3.05) is 13.1 Å². The Labute approximate surface area is 118 Å². The SMILES string of the molecule is CC(C)CN(C(=O)C1CCC(C)NC1)C1CCCC1. The minimum absolute atomic E-state index is 0.218. The maximum Gasteiger partial charge on any atom is 0.227 e. The van der Waals surface area contributed by atoms with Gasteiger partial charge >= 0.3 is 0 Å². The summed E-state index contributed by atoms with van der Waals surface area (Å²) in [6.07, 6.45) is 7.23. The summed E-state index contributed by atoms with van der Waals surface area (Å²) in [5.41, 5.74) is 0. The Kier molecular flexibility index (Phi) is 5.26. The van der Waals surface area contributed by atoms with Crippen molar-refractivity contribution < 1.29 is 4.79 Å². The van der Waals surface area contributed by atoms with Gasteiger partial charge in [-0.25, -0.2) is 0 Å². The predicted octanol–water partition coefficient (Wildman–Crippen LogP) is 2.80. The average molecular weight is 266 g/mol. The fourth-order valence-corrected chi connectivity index (χ4v) is 3.47. The van der Waals surface area contributed by atoms with Gasteiger partial charge in [0.2, 0.25) is 5.91 Å². The van der Waals surface area contributed by atoms with E-state index in [1.54, 1.807) is 0 Å². The molecule has 2 unspecified atom stereocenters. The van der Waals surface area contributed by atoms with Crippen LogP contribution in [0.3, 0.4) is 0 Å². The summed E-state index contributed by atoms with van der Waals surface area (Å²) in [5.74, 6) is 1.20. The zero-order valence-corrected chi connectivity index (χ0v) is 12.8. The van der Waals surface area contributed by atoms with E-state index in [-0.39, 0.29) is 5.92 Å². The first kappa shape index (κ1) is 14.8. The zero-order valence-electron chi connectivity index (χ0n) is 12.8. The van der Waals surface area contributed by atoms with Gasteiger partial charge in [0.1, 0.15) is 0 Å². The molecule has 3 nitrogen and oxygen atoms in total. The number of hydrogen-bond donors (Lipinski definition) is 1. The van der Waals surface area contributed by atoms with Crippen LogP contribution in [0, 0.1) is 11.8 Å². The van der Waals surface area contributed by atoms with Crippen molar-refractivity contribution in [1.82, 2.24) is 10.2 Å². The maximum absolute atomic E-state index is 12.8. The smallest absolute Gasteiger partial charge is 0.227 e. The average Bonchev–Trinajstić information content (AvgIpc) is 2.89. The van der Waals surface area contributed by atoms with Gasteiger partial charge in [-0.15, -0.1) is 0 Å². The molecule has 2 atom stereocenters. The molecule has 3 heteroatoms. The molecule has 0 aromatic rings. The minimum atomic E-state index is 0.218. The molecular weight excluding hydrogens is 236 g/mol. The molecule has 1 saturated heterocycles. The first-order valence-electron chi connectivity index (χ1n) is 8.11. The molecule has 2 aliphatic rings. The Bertz CT molecular complexity index is 289. The van der Waals surface area contributed by atoms with Crippen molar-refractivity contribution in [2.24, 2.45) is 11.8 Å². The van der Waals surface area contributed by atoms with E-state index in [2.05, 4.69) is 31.0 Å². The van der Waals surface area contributed by atoms with Crippen LogP contribution in [0.2, 0.25) is 0 Å². The lowest BCUT2D eigenvalue weighted by molar-refractivity contribution is -0.139. The van der Waals surface area contributed by atoms with E-state index < -0.39 is 0 Å². The molecule has 1 amide bonds. The van der Waals surface area contributed by atoms with E-state index in [9.17, 15) is 4.79 Å². The Balaban J connectivity index is 1.98. The highest BCUT2D eigenvalue weighted by atomic mass is 16.2. The van der Waals surface area contributed by atoms with Crippen molar-refractivity contribution >= 4 is 5.91 Å². The summed E-state index contributed by atoms with van der Waals surface area (Å²) in [4.78, 5) is 15.0. The number of carbonyl (C=O) groups is 1. The van der Waals surface area contributed by atoms with Crippen LogP contribution in [0.4, 0.5) is 0 Å². The number of nitrogens with one attached hydrogen (secondary N) is 1. The molecule has 1 aliphatic carbocycles. The first-order chi connectivity index (χ1) is 9.08. The van der Waals surface area contributed by atoms with Gasteiger partial charge in [0.25, 0.3) is 0 Å². The summed E-state index contributed by atoms with van der Waals surface area (Å²) in [7, 11) is 0. The molecule has 1 saturated carbocycles. The van der Waals surface area contributed by atoms with Gasteiger partial charge in [-0.2, -0.15) is 0 Å². The third-order valence-corrected chi connectivity index (χ3v) is 4.62. The normalized spacial score (nSPS) is 28.8. The molecule has 1 heterocycles. The number of piperidine rings is 1. The van der Waals surface area contributed by atoms with Crippen LogP contribution >= 0.6 is 0 Å². The number of rotatable bonds is 4. The molecule has 19 heavy (non-hydrogen) atoms. The van der Waals surface area contributed by atoms with Crippen LogP contribution in [0.5, 0.6) is 0 Å². The molecule has 0 radical (unpaired) electrons. The van der Waals surface area contributed by atoms with Gasteiger partial charge in [0.05, 0.1) is 5.92 Å². The zero-order chi connectivity index (χ0) is 13.8. The third kappa shape index (κ3) is 3.95. The predicted molar refractivity (Wildman–Crippen MR) is 79.0 cm³/mol. The molecule has 1 aliphatic heterocycles. The number of nitrogens with zero attached hydrogens (tertiary/aromatic N) is 1. The molecular formula is C16H30N2O. The molecule has 1 N–H and O–H groups in total. The summed E-state index contributed by atoms with van der Waals surface area (Å²) < 4.78 is 0. The standard InChI is InChI=1S/C16H30N2O/c1-12(2)11-18(15-6-4-5-7-15)16(19)14-9-8-13(3)17-10-14/h12-15,17H,4-11H2,1-3H3. The Morgan fingerprint density at radius 2 is 1.89 bits per heavy atom. The van der Waals surface area contributed by atoms with Crippen molar-refractivity contribution in [3.63, 3.8) is 0 Å². The highest BCUT2D eigenvalue weighted by Gasteiger charge is 2.33. The number of hydrogen-bond acceptors (Lipinski definition) is 2. The van der Waals surface area contributed by atoms with Gasteiger partial charge in [-0.3, -0.25) is 4.79 Å². The summed E-state index contributed by atoms with van der Waals surface area (Å²) in [6, 6.07) is 1.10. The summed E-state index contributed by atoms with van der Waals surface area (Å²) in [6.45, 7) is 8.47. The highest BCUT2D eigenvalue weighted by molar-refractivity contribution is 5.79. The fraction of sp³-hybridized carbons (Fsp3) is 0.938. The van der Waals surface area contributed by atoms with Crippen LogP contribution in [0.15, 0.2) is 0 Å². The largest absolute Gasteiger partial charge is 0.339 e. The molecule has 2 rings (SSSR count). The van der Waals surface area contributed by atoms with Crippen molar-refractivity contribution in [3.8, 4) is 0 Å². The van der Waals surface area contributed by atoms with E-state index in [0.29, 0.717) is 23.9 Å². The van der Waals surface area contributed by atoms with E-state index in [4.69, 9.17) is 0 Å². The minimum Gasteiger partial charge on any atom is -0.339 e. The number of carbonyl (C=O) groups excluding carboxylic acids is 1. The van der Waals surface area contributed by atoms with Gasteiger partial charge in [-0.1, -0.05) is 26.7 Å². The Morgan fingerprint density at radius 3 is 2.42 bits per heavy atom. The van der Waals surface area contributed by atoms with Crippen molar-refractivity contribution in [2.45, 2.75) is 71.4 Å². The van der Waals surface area contributed by atoms with Crippen LogP contribution in [-0.4, -0.2) is 36.0 Å². The van der Waals surface area contributed by atoms with E-state index in [1.165, 1.54) is 25.7 Å². The van der Waals surface area contributed by atoms with Crippen molar-refractivity contribution in [3.05, 3.63) is 0 Å². The molecule has 110 valence electrons. The Hall–Kier alpha value is -0.570. The third-order valence-electron chi connectivity index (χ3n) is 4.62. The quantitative estimate of drug-likeness (QED) is 0.848. The van der Waals surface area contributed by atoms with Gasteiger partial charge in [-0.05, 0) is 38.5 Å². The lowest BCUT2D eigenvalue weighted by Crippen LogP contribution is -2.49. The topological polar surface area (TPSA) is 32.3 Å². The number of amides is 1. The lowest BCUT2D eigenvalue weighted by atomic mass is 9.93. The maximum atomic E-state index is 12.8. The molecule has 0 aromatic heterocycles. The summed E-state index contributed by atoms with van der Waals surface area (Å²) >= 11 is 0. The van der Waals surface area contributed by atoms with E-state index in [1.807, 2.05) is 0 Å². The van der Waals surface area contributed by atoms with Gasteiger partial charge in [0, 0.05) is 25.2 Å². The molecule has 0 bridgehead atoms. The second-order valence-electron chi connectivity index (χ2n) is 6.91. The van der Waals surface area contributed by atoms with Crippen LogP contribution in [0.25, 0.3) is 0 Å². The molecule has 0 aromatic carbocycles. The van der Waals surface area contributed by atoms with Crippen molar-refractivity contribution in [1.29, 1.82) is 0 Å². The molecule has 0 spiro atoms. The van der Waals surface area contributed by atoms with Gasteiger partial charge in [0.15, 0.2) is 0 Å². The summed E-state index contributed by atoms with van der Waals surface area (Å²) in [5, 5.41) is 3.46. The lowest BCUT2D eigenvalue weighted by Gasteiger charge is -2.36. The fourth-order valence-electron chi connectivity index (χ4n) is 3.47. The molecule has 2 fully saturated rings.